The van der Waals surface area contributed by atoms with Crippen molar-refractivity contribution in [2.75, 3.05) is 37.6 Å². The van der Waals surface area contributed by atoms with Crippen LogP contribution >= 0.6 is 0 Å². The molecule has 4 amide bonds. The van der Waals surface area contributed by atoms with Crippen molar-refractivity contribution in [3.8, 4) is 11.1 Å². The first-order valence-corrected chi connectivity index (χ1v) is 16.0. The number of halogens is 3. The van der Waals surface area contributed by atoms with Gasteiger partial charge in [0.1, 0.15) is 12.4 Å². The van der Waals surface area contributed by atoms with Gasteiger partial charge in [-0.15, -0.1) is 0 Å². The van der Waals surface area contributed by atoms with Crippen LogP contribution in [0.5, 0.6) is 0 Å². The smallest absolute Gasteiger partial charge is 0.354 e. The van der Waals surface area contributed by atoms with E-state index < -0.39 is 18.8 Å². The fourth-order valence-corrected chi connectivity index (χ4v) is 7.05. The molecule has 6 heterocycles. The molecule has 1 N–H and O–H groups in total. The highest BCUT2D eigenvalue weighted by molar-refractivity contribution is 6.08. The van der Waals surface area contributed by atoms with Crippen LogP contribution in [0.15, 0.2) is 73.2 Å². The standard InChI is InChI=1S/C35H31F3N8O3/c36-35(37,38)21-44-29-7-9-39-18-28(29)27-5-2-23(16-30(27)44)24-3-6-31(40-17-24)43-13-11-42(12-14-43)19-22-1-4-26-25(15-22)20-46(33(26)48)45-10-8-32(47)41-34(45)49/h1-7,9,15-18H,8,10-14,19-21H2,(H,41,47,49). The first kappa shape index (κ1) is 30.8. The van der Waals surface area contributed by atoms with E-state index in [1.54, 1.807) is 24.5 Å². The summed E-state index contributed by atoms with van der Waals surface area (Å²) in [6.45, 7) is 3.23. The van der Waals surface area contributed by atoms with Crippen LogP contribution in [0.4, 0.5) is 23.8 Å². The number of urea groups is 1. The molecule has 2 aromatic carbocycles. The third-order valence-corrected chi connectivity index (χ3v) is 9.47. The van der Waals surface area contributed by atoms with Crippen molar-refractivity contribution in [2.24, 2.45) is 0 Å². The van der Waals surface area contributed by atoms with E-state index in [-0.39, 0.29) is 31.3 Å². The third kappa shape index (κ3) is 5.81. The molecule has 0 aliphatic carbocycles. The first-order valence-electron chi connectivity index (χ1n) is 16.0. The SMILES string of the molecule is O=C1CCN(N2Cc3cc(CN4CCN(c5ccc(-c6ccc7c8cnccc8n(CC(F)(F)F)c7c6)cn5)CC4)ccc3C2=O)C(=O)N1. The van der Waals surface area contributed by atoms with Crippen LogP contribution in [0.25, 0.3) is 32.9 Å². The number of aromatic nitrogens is 3. The van der Waals surface area contributed by atoms with Crippen LogP contribution in [0, 0.1) is 0 Å². The van der Waals surface area contributed by atoms with Crippen molar-refractivity contribution in [1.29, 1.82) is 0 Å². The highest BCUT2D eigenvalue weighted by Crippen LogP contribution is 2.34. The second-order valence-electron chi connectivity index (χ2n) is 12.6. The predicted molar refractivity (Wildman–Crippen MR) is 175 cm³/mol. The van der Waals surface area contributed by atoms with Crippen molar-refractivity contribution in [3.05, 3.63) is 89.9 Å². The van der Waals surface area contributed by atoms with Crippen LogP contribution in [0.2, 0.25) is 0 Å². The quantitative estimate of drug-likeness (QED) is 0.273. The molecule has 3 aromatic heterocycles. The molecule has 0 atom stereocenters. The second kappa shape index (κ2) is 11.9. The highest BCUT2D eigenvalue weighted by atomic mass is 19.4. The molecule has 0 saturated carbocycles. The van der Waals surface area contributed by atoms with Crippen LogP contribution in [0.1, 0.15) is 27.9 Å². The number of nitrogens with one attached hydrogen (secondary N) is 1. The number of anilines is 1. The number of hydrazine groups is 1. The number of imide groups is 1. The lowest BCUT2D eigenvalue weighted by atomic mass is 10.0. The lowest BCUT2D eigenvalue weighted by molar-refractivity contribution is -0.139. The minimum atomic E-state index is -4.37. The van der Waals surface area contributed by atoms with Gasteiger partial charge in [0.15, 0.2) is 0 Å². The average molecular weight is 669 g/mol. The van der Waals surface area contributed by atoms with E-state index in [1.165, 1.54) is 20.8 Å². The monoisotopic (exact) mass is 668 g/mol. The number of hydrogen-bond donors (Lipinski definition) is 1. The van der Waals surface area contributed by atoms with Gasteiger partial charge in [-0.25, -0.2) is 19.8 Å². The summed E-state index contributed by atoms with van der Waals surface area (Å²) in [4.78, 5) is 50.2. The van der Waals surface area contributed by atoms with Gasteiger partial charge in [-0.3, -0.25) is 24.8 Å². The Labute approximate surface area is 278 Å². The molecule has 14 heteroatoms. The Balaban J connectivity index is 0.916. The number of piperazine rings is 1. The minimum absolute atomic E-state index is 0.151. The van der Waals surface area contributed by atoms with Gasteiger partial charge in [0.25, 0.3) is 5.91 Å². The maximum atomic E-state index is 13.5. The van der Waals surface area contributed by atoms with Gasteiger partial charge in [-0.2, -0.15) is 13.2 Å². The molecular formula is C35H31F3N8O3. The van der Waals surface area contributed by atoms with Crippen molar-refractivity contribution < 1.29 is 27.6 Å². The Morgan fingerprint density at radius 2 is 1.61 bits per heavy atom. The molecule has 0 bridgehead atoms. The minimum Gasteiger partial charge on any atom is -0.354 e. The van der Waals surface area contributed by atoms with Gasteiger partial charge in [0.2, 0.25) is 5.91 Å². The summed E-state index contributed by atoms with van der Waals surface area (Å²) in [5.41, 5.74) is 5.08. The molecule has 3 aliphatic rings. The largest absolute Gasteiger partial charge is 0.406 e. The van der Waals surface area contributed by atoms with E-state index >= 15 is 0 Å². The summed E-state index contributed by atoms with van der Waals surface area (Å²) in [6, 6.07) is 16.3. The predicted octanol–water partition coefficient (Wildman–Crippen LogP) is 4.95. The third-order valence-electron chi connectivity index (χ3n) is 9.47. The molecule has 2 saturated heterocycles. The lowest BCUT2D eigenvalue weighted by Gasteiger charge is -2.35. The normalized spacial score (nSPS) is 17.4. The number of hydrogen-bond acceptors (Lipinski definition) is 7. The molecule has 5 aromatic rings. The number of carbonyl (C=O) groups excluding carboxylic acids is 3. The number of pyridine rings is 2. The molecule has 250 valence electrons. The summed E-state index contributed by atoms with van der Waals surface area (Å²) >= 11 is 0. The maximum absolute atomic E-state index is 13.5. The van der Waals surface area contributed by atoms with Crippen molar-refractivity contribution in [3.63, 3.8) is 0 Å². The summed E-state index contributed by atoms with van der Waals surface area (Å²) in [6.07, 6.45) is 0.658. The van der Waals surface area contributed by atoms with E-state index in [2.05, 4.69) is 20.1 Å². The first-order chi connectivity index (χ1) is 23.6. The second-order valence-corrected chi connectivity index (χ2v) is 12.6. The molecule has 0 unspecified atom stereocenters. The van der Waals surface area contributed by atoms with Crippen molar-refractivity contribution in [2.45, 2.75) is 32.2 Å². The summed E-state index contributed by atoms with van der Waals surface area (Å²) in [5, 5.41) is 6.37. The van der Waals surface area contributed by atoms with Gasteiger partial charge in [-0.05, 0) is 47.0 Å². The Kier molecular flexibility index (Phi) is 7.47. The molecule has 0 radical (unpaired) electrons. The van der Waals surface area contributed by atoms with E-state index in [0.717, 1.165) is 59.6 Å². The van der Waals surface area contributed by atoms with Crippen LogP contribution in [-0.4, -0.2) is 86.2 Å². The van der Waals surface area contributed by atoms with Crippen LogP contribution in [0.3, 0.4) is 0 Å². The Bertz CT molecular complexity index is 2120. The molecular weight excluding hydrogens is 637 g/mol. The summed E-state index contributed by atoms with van der Waals surface area (Å²) < 4.78 is 41.9. The topological polar surface area (TPSA) is 107 Å². The molecule has 0 spiro atoms. The van der Waals surface area contributed by atoms with Gasteiger partial charge < -0.3 is 9.47 Å². The number of benzene rings is 2. The molecule has 11 nitrogen and oxygen atoms in total. The van der Waals surface area contributed by atoms with Crippen molar-refractivity contribution >= 4 is 45.5 Å². The lowest BCUT2D eigenvalue weighted by Crippen LogP contribution is -2.56. The molecule has 2 fully saturated rings. The zero-order valence-corrected chi connectivity index (χ0v) is 26.3. The van der Waals surface area contributed by atoms with Gasteiger partial charge in [0.05, 0.1) is 24.1 Å². The van der Waals surface area contributed by atoms with E-state index in [4.69, 9.17) is 4.98 Å². The summed E-state index contributed by atoms with van der Waals surface area (Å²) in [7, 11) is 0. The zero-order valence-electron chi connectivity index (χ0n) is 26.3. The number of amides is 4. The number of carbonyl (C=O) groups is 3. The number of fused-ring (bicyclic) bond motifs is 4. The molecule has 49 heavy (non-hydrogen) atoms. The fraction of sp³-hybridized carbons (Fsp3) is 0.286. The number of nitrogens with zero attached hydrogens (tertiary/aromatic N) is 7. The van der Waals surface area contributed by atoms with Gasteiger partial charge in [-0.1, -0.05) is 24.3 Å². The molecule has 8 rings (SSSR count). The van der Waals surface area contributed by atoms with Gasteiger partial charge in [0, 0.05) is 79.6 Å². The zero-order chi connectivity index (χ0) is 33.9. The maximum Gasteiger partial charge on any atom is 0.406 e. The van der Waals surface area contributed by atoms with E-state index in [0.29, 0.717) is 28.5 Å². The number of alkyl halides is 3. The molecule has 3 aliphatic heterocycles. The summed E-state index contributed by atoms with van der Waals surface area (Å²) in [5.74, 6) is 0.241. The van der Waals surface area contributed by atoms with E-state index in [9.17, 15) is 27.6 Å². The van der Waals surface area contributed by atoms with Crippen LogP contribution in [-0.2, 0) is 24.4 Å². The Hall–Kier alpha value is -5.50. The average Bonchev–Trinajstić information content (AvgIpc) is 3.57. The van der Waals surface area contributed by atoms with Crippen LogP contribution < -0.4 is 10.2 Å². The number of rotatable bonds is 6. The van der Waals surface area contributed by atoms with Crippen molar-refractivity contribution in [1.82, 2.24) is 34.8 Å². The Morgan fingerprint density at radius 3 is 2.37 bits per heavy atom. The van der Waals surface area contributed by atoms with Gasteiger partial charge >= 0.3 is 12.2 Å². The fourth-order valence-electron chi connectivity index (χ4n) is 7.05. The van der Waals surface area contributed by atoms with E-state index in [1.807, 2.05) is 42.5 Å². The Morgan fingerprint density at radius 1 is 0.796 bits per heavy atom. The highest BCUT2D eigenvalue weighted by Gasteiger charge is 2.37.